The number of aromatic nitrogens is 2. The van der Waals surface area contributed by atoms with E-state index in [4.69, 9.17) is 17.3 Å². The van der Waals surface area contributed by atoms with Crippen molar-refractivity contribution in [2.45, 2.75) is 13.1 Å². The number of hydrogen-bond donors (Lipinski definition) is 1. The minimum Gasteiger partial charge on any atom is -0.325 e. The summed E-state index contributed by atoms with van der Waals surface area (Å²) in [5.74, 6) is -0.328. The van der Waals surface area contributed by atoms with Gasteiger partial charge in [-0.05, 0) is 18.2 Å². The molecule has 2 rings (SSSR count). The Labute approximate surface area is 97.6 Å². The van der Waals surface area contributed by atoms with Crippen LogP contribution >= 0.6 is 11.6 Å². The summed E-state index contributed by atoms with van der Waals surface area (Å²) in [6.07, 6.45) is 1.65. The smallest absolute Gasteiger partial charge is 0.129 e. The molecule has 0 saturated carbocycles. The van der Waals surface area contributed by atoms with E-state index in [-0.39, 0.29) is 5.82 Å². The van der Waals surface area contributed by atoms with Gasteiger partial charge in [0.2, 0.25) is 0 Å². The van der Waals surface area contributed by atoms with Gasteiger partial charge in [0.25, 0.3) is 0 Å². The average molecular weight is 240 g/mol. The fourth-order valence-electron chi connectivity index (χ4n) is 1.49. The van der Waals surface area contributed by atoms with Gasteiger partial charge in [-0.25, -0.2) is 4.39 Å². The van der Waals surface area contributed by atoms with Crippen LogP contribution in [0.3, 0.4) is 0 Å². The summed E-state index contributed by atoms with van der Waals surface area (Å²) in [5.41, 5.74) is 6.95. The molecule has 84 valence electrons. The van der Waals surface area contributed by atoms with E-state index in [0.29, 0.717) is 23.7 Å². The zero-order valence-electron chi connectivity index (χ0n) is 8.53. The Kier molecular flexibility index (Phi) is 3.22. The topological polar surface area (TPSA) is 43.8 Å². The second-order valence-corrected chi connectivity index (χ2v) is 3.86. The summed E-state index contributed by atoms with van der Waals surface area (Å²) >= 11 is 5.67. The maximum Gasteiger partial charge on any atom is 0.129 e. The number of nitrogens with zero attached hydrogens (tertiary/aromatic N) is 2. The van der Waals surface area contributed by atoms with Crippen LogP contribution in [-0.2, 0) is 13.1 Å². The van der Waals surface area contributed by atoms with Gasteiger partial charge in [-0.2, -0.15) is 5.10 Å². The van der Waals surface area contributed by atoms with Crippen LogP contribution in [0.1, 0.15) is 11.3 Å². The molecule has 0 bridgehead atoms. The van der Waals surface area contributed by atoms with Gasteiger partial charge in [0.15, 0.2) is 0 Å². The molecule has 0 aliphatic rings. The second-order valence-electron chi connectivity index (χ2n) is 3.42. The van der Waals surface area contributed by atoms with E-state index in [1.807, 2.05) is 6.07 Å². The first-order valence-electron chi connectivity index (χ1n) is 4.85. The molecule has 1 aromatic carbocycles. The summed E-state index contributed by atoms with van der Waals surface area (Å²) in [4.78, 5) is 0. The number of halogens is 2. The van der Waals surface area contributed by atoms with Crippen molar-refractivity contribution in [1.29, 1.82) is 0 Å². The largest absolute Gasteiger partial charge is 0.325 e. The highest BCUT2D eigenvalue weighted by molar-refractivity contribution is 6.30. The van der Waals surface area contributed by atoms with E-state index >= 15 is 0 Å². The Bertz CT molecular complexity index is 496. The molecule has 0 fully saturated rings. The number of benzene rings is 1. The highest BCUT2D eigenvalue weighted by atomic mass is 35.5. The molecule has 0 amide bonds. The summed E-state index contributed by atoms with van der Waals surface area (Å²) in [6.45, 7) is 0.748. The Balaban J connectivity index is 2.27. The van der Waals surface area contributed by atoms with Gasteiger partial charge in [-0.3, -0.25) is 4.68 Å². The minimum absolute atomic E-state index is 0.328. The first-order chi connectivity index (χ1) is 7.70. The van der Waals surface area contributed by atoms with Crippen molar-refractivity contribution in [3.63, 3.8) is 0 Å². The van der Waals surface area contributed by atoms with Gasteiger partial charge in [-0.1, -0.05) is 17.7 Å². The molecule has 0 aliphatic carbocycles. The number of hydrogen-bond acceptors (Lipinski definition) is 2. The van der Waals surface area contributed by atoms with Crippen LogP contribution in [0.2, 0.25) is 5.02 Å². The van der Waals surface area contributed by atoms with Crippen molar-refractivity contribution < 1.29 is 4.39 Å². The highest BCUT2D eigenvalue weighted by Crippen LogP contribution is 2.15. The normalized spacial score (nSPS) is 10.7. The lowest BCUT2D eigenvalue weighted by atomic mass is 10.2. The fraction of sp³-hybridized carbons (Fsp3) is 0.182. The summed E-state index contributed by atoms with van der Waals surface area (Å²) in [7, 11) is 0. The van der Waals surface area contributed by atoms with Crippen LogP contribution in [0.4, 0.5) is 4.39 Å². The average Bonchev–Trinajstić information content (AvgIpc) is 2.69. The lowest BCUT2D eigenvalue weighted by Crippen LogP contribution is -2.10. The van der Waals surface area contributed by atoms with Gasteiger partial charge >= 0.3 is 0 Å². The van der Waals surface area contributed by atoms with Crippen molar-refractivity contribution in [3.05, 3.63) is 52.6 Å². The zero-order chi connectivity index (χ0) is 11.5. The fourth-order valence-corrected chi connectivity index (χ4v) is 1.65. The van der Waals surface area contributed by atoms with Gasteiger partial charge in [-0.15, -0.1) is 0 Å². The standard InChI is InChI=1S/C11H11ClFN3/c12-9-2-1-8(11(13)5-9)7-16-10(6-14)3-4-15-16/h1-5H,6-7,14H2. The monoisotopic (exact) mass is 239 g/mol. The Hall–Kier alpha value is -1.39. The molecular weight excluding hydrogens is 229 g/mol. The quantitative estimate of drug-likeness (QED) is 0.892. The molecule has 0 radical (unpaired) electrons. The molecule has 5 heteroatoms. The number of rotatable bonds is 3. The van der Waals surface area contributed by atoms with Gasteiger partial charge in [0.05, 0.1) is 12.2 Å². The molecule has 2 aromatic rings. The third-order valence-electron chi connectivity index (χ3n) is 2.35. The first-order valence-corrected chi connectivity index (χ1v) is 5.23. The molecule has 1 heterocycles. The van der Waals surface area contributed by atoms with Crippen LogP contribution < -0.4 is 5.73 Å². The Morgan fingerprint density at radius 2 is 2.19 bits per heavy atom. The molecule has 0 atom stereocenters. The van der Waals surface area contributed by atoms with Crippen LogP contribution in [0.25, 0.3) is 0 Å². The van der Waals surface area contributed by atoms with Crippen molar-refractivity contribution in [2.24, 2.45) is 5.73 Å². The molecule has 0 aliphatic heterocycles. The lowest BCUT2D eigenvalue weighted by molar-refractivity contribution is 0.575. The van der Waals surface area contributed by atoms with Gasteiger partial charge in [0, 0.05) is 23.3 Å². The third-order valence-corrected chi connectivity index (χ3v) is 2.58. The first kappa shape index (κ1) is 11.1. The van der Waals surface area contributed by atoms with Crippen LogP contribution in [0, 0.1) is 5.82 Å². The van der Waals surface area contributed by atoms with E-state index < -0.39 is 0 Å². The Morgan fingerprint density at radius 3 is 2.88 bits per heavy atom. The summed E-state index contributed by atoms with van der Waals surface area (Å²) in [6, 6.07) is 6.42. The maximum absolute atomic E-state index is 13.5. The van der Waals surface area contributed by atoms with E-state index in [9.17, 15) is 4.39 Å². The van der Waals surface area contributed by atoms with E-state index in [0.717, 1.165) is 5.69 Å². The second kappa shape index (κ2) is 4.63. The van der Waals surface area contributed by atoms with Crippen LogP contribution in [-0.4, -0.2) is 9.78 Å². The molecule has 0 unspecified atom stereocenters. The van der Waals surface area contributed by atoms with Crippen molar-refractivity contribution >= 4 is 11.6 Å². The molecular formula is C11H11ClFN3. The SMILES string of the molecule is NCc1ccnn1Cc1ccc(Cl)cc1F. The van der Waals surface area contributed by atoms with Crippen molar-refractivity contribution in [2.75, 3.05) is 0 Å². The zero-order valence-corrected chi connectivity index (χ0v) is 9.28. The maximum atomic E-state index is 13.5. The van der Waals surface area contributed by atoms with Gasteiger partial charge < -0.3 is 5.73 Å². The summed E-state index contributed by atoms with van der Waals surface area (Å²) < 4.78 is 15.2. The van der Waals surface area contributed by atoms with Crippen LogP contribution in [0.5, 0.6) is 0 Å². The lowest BCUT2D eigenvalue weighted by Gasteiger charge is -2.07. The molecule has 1 aromatic heterocycles. The summed E-state index contributed by atoms with van der Waals surface area (Å²) in [5, 5.41) is 4.47. The van der Waals surface area contributed by atoms with Crippen molar-refractivity contribution in [1.82, 2.24) is 9.78 Å². The molecule has 0 saturated heterocycles. The Morgan fingerprint density at radius 1 is 1.38 bits per heavy atom. The van der Waals surface area contributed by atoms with Crippen molar-refractivity contribution in [3.8, 4) is 0 Å². The predicted octanol–water partition coefficient (Wildman–Crippen LogP) is 2.18. The van der Waals surface area contributed by atoms with E-state index in [1.165, 1.54) is 6.07 Å². The van der Waals surface area contributed by atoms with E-state index in [1.54, 1.807) is 23.0 Å². The molecule has 16 heavy (non-hydrogen) atoms. The molecule has 0 spiro atoms. The predicted molar refractivity (Wildman–Crippen MR) is 60.6 cm³/mol. The molecule has 3 nitrogen and oxygen atoms in total. The third kappa shape index (κ3) is 2.23. The highest BCUT2D eigenvalue weighted by Gasteiger charge is 2.06. The number of nitrogens with two attached hydrogens (primary N) is 1. The minimum atomic E-state index is -0.328. The van der Waals surface area contributed by atoms with Gasteiger partial charge in [0.1, 0.15) is 5.82 Å². The molecule has 2 N–H and O–H groups in total. The van der Waals surface area contributed by atoms with Crippen LogP contribution in [0.15, 0.2) is 30.5 Å². The van der Waals surface area contributed by atoms with E-state index in [2.05, 4.69) is 5.10 Å².